The van der Waals surface area contributed by atoms with Crippen LogP contribution < -0.4 is 5.73 Å². The third-order valence-electron chi connectivity index (χ3n) is 4.10. The van der Waals surface area contributed by atoms with Gasteiger partial charge in [0.05, 0.1) is 18.1 Å². The van der Waals surface area contributed by atoms with Gasteiger partial charge in [-0.15, -0.1) is 0 Å². The summed E-state index contributed by atoms with van der Waals surface area (Å²) in [5.74, 6) is 0.130. The second-order valence-electron chi connectivity index (χ2n) is 6.01. The first-order chi connectivity index (χ1) is 11.1. The molecule has 0 atom stereocenters. The molecule has 2 N–H and O–H groups in total. The van der Waals surface area contributed by atoms with Gasteiger partial charge >= 0.3 is 0 Å². The van der Waals surface area contributed by atoms with E-state index in [0.717, 1.165) is 36.5 Å². The smallest absolute Gasteiger partial charge is 0.221 e. The molecule has 0 bridgehead atoms. The largest absolute Gasteiger partial charge is 0.368 e. The van der Waals surface area contributed by atoms with Crippen molar-refractivity contribution < 1.29 is 4.39 Å². The van der Waals surface area contributed by atoms with Crippen molar-refractivity contribution in [3.8, 4) is 0 Å². The van der Waals surface area contributed by atoms with E-state index in [9.17, 15) is 4.39 Å². The maximum absolute atomic E-state index is 13.6. The van der Waals surface area contributed by atoms with Crippen LogP contribution in [-0.4, -0.2) is 33.9 Å². The predicted octanol–water partition coefficient (Wildman–Crippen LogP) is 2.78. The number of aryl methyl sites for hydroxylation is 1. The molecule has 5 nitrogen and oxygen atoms in total. The Bertz CT molecular complexity index is 701. The van der Waals surface area contributed by atoms with Gasteiger partial charge in [0.15, 0.2) is 0 Å². The Labute approximate surface area is 135 Å². The van der Waals surface area contributed by atoms with Crippen LogP contribution in [0.1, 0.15) is 36.1 Å². The molecule has 0 aliphatic carbocycles. The molecule has 6 heteroatoms. The summed E-state index contributed by atoms with van der Waals surface area (Å²) in [6.45, 7) is 4.75. The lowest BCUT2D eigenvalue weighted by molar-refractivity contribution is 0.220. The van der Waals surface area contributed by atoms with Gasteiger partial charge < -0.3 is 5.73 Å². The Kier molecular flexibility index (Phi) is 4.71. The molecule has 1 aliphatic rings. The van der Waals surface area contributed by atoms with Crippen LogP contribution in [0.2, 0.25) is 0 Å². The van der Waals surface area contributed by atoms with Gasteiger partial charge in [-0.25, -0.2) is 14.1 Å². The summed E-state index contributed by atoms with van der Waals surface area (Å²) in [5, 5.41) is 4.34. The highest BCUT2D eigenvalue weighted by Gasteiger charge is 2.13. The number of benzene rings is 1. The highest BCUT2D eigenvalue weighted by Crippen LogP contribution is 2.17. The van der Waals surface area contributed by atoms with Crippen molar-refractivity contribution in [3.63, 3.8) is 0 Å². The fourth-order valence-corrected chi connectivity index (χ4v) is 2.92. The minimum Gasteiger partial charge on any atom is -0.368 e. The van der Waals surface area contributed by atoms with Gasteiger partial charge in [-0.05, 0) is 56.1 Å². The second kappa shape index (κ2) is 6.91. The number of imidazole rings is 1. The molecular formula is C17H22FN5. The van der Waals surface area contributed by atoms with Gasteiger partial charge in [0.2, 0.25) is 5.95 Å². The van der Waals surface area contributed by atoms with E-state index in [1.807, 2.05) is 6.92 Å². The summed E-state index contributed by atoms with van der Waals surface area (Å²) in [5.41, 5.74) is 8.45. The number of hydrogen-bond donors (Lipinski definition) is 1. The van der Waals surface area contributed by atoms with Gasteiger partial charge in [-0.3, -0.25) is 4.90 Å². The molecule has 0 unspecified atom stereocenters. The summed E-state index contributed by atoms with van der Waals surface area (Å²) in [4.78, 5) is 6.48. The van der Waals surface area contributed by atoms with Crippen LogP contribution in [0.25, 0.3) is 0 Å². The third-order valence-corrected chi connectivity index (χ3v) is 4.10. The summed E-state index contributed by atoms with van der Waals surface area (Å²) >= 11 is 0. The average molecular weight is 315 g/mol. The monoisotopic (exact) mass is 315 g/mol. The molecule has 0 spiro atoms. The topological polar surface area (TPSA) is 59.4 Å². The molecule has 1 aromatic heterocycles. The summed E-state index contributed by atoms with van der Waals surface area (Å²) in [6, 6.07) is 4.82. The number of halogens is 1. The molecule has 1 aromatic carbocycles. The first-order valence-corrected chi connectivity index (χ1v) is 7.98. The van der Waals surface area contributed by atoms with Crippen LogP contribution in [0, 0.1) is 12.7 Å². The molecule has 1 saturated heterocycles. The van der Waals surface area contributed by atoms with E-state index in [2.05, 4.69) is 15.0 Å². The van der Waals surface area contributed by atoms with E-state index < -0.39 is 0 Å². The van der Waals surface area contributed by atoms with Crippen molar-refractivity contribution in [2.24, 2.45) is 5.10 Å². The Hall–Kier alpha value is -2.21. The molecule has 122 valence electrons. The van der Waals surface area contributed by atoms with Gasteiger partial charge in [0.1, 0.15) is 5.82 Å². The number of piperidine rings is 1. The number of nitrogens with zero attached hydrogens (tertiary/aromatic N) is 4. The lowest BCUT2D eigenvalue weighted by Gasteiger charge is -2.27. The van der Waals surface area contributed by atoms with Gasteiger partial charge in [0.25, 0.3) is 0 Å². The maximum atomic E-state index is 13.6. The quantitative estimate of drug-likeness (QED) is 0.883. The highest BCUT2D eigenvalue weighted by molar-refractivity contribution is 5.81. The van der Waals surface area contributed by atoms with Crippen LogP contribution in [0.3, 0.4) is 0 Å². The molecule has 2 aromatic rings. The van der Waals surface area contributed by atoms with Crippen molar-refractivity contribution >= 4 is 12.2 Å². The zero-order valence-electron chi connectivity index (χ0n) is 13.4. The number of hydrogen-bond acceptors (Lipinski definition) is 4. The minimum absolute atomic E-state index is 0.216. The fourth-order valence-electron chi connectivity index (χ4n) is 2.92. The lowest BCUT2D eigenvalue weighted by atomic mass is 10.1. The highest BCUT2D eigenvalue weighted by atomic mass is 19.1. The molecule has 1 aliphatic heterocycles. The number of likely N-dealkylation sites (tertiary alicyclic amines) is 1. The molecule has 1 fully saturated rings. The first-order valence-electron chi connectivity index (χ1n) is 7.98. The number of anilines is 1. The lowest BCUT2D eigenvalue weighted by Crippen LogP contribution is -2.29. The van der Waals surface area contributed by atoms with Crippen molar-refractivity contribution in [1.82, 2.24) is 14.6 Å². The second-order valence-corrected chi connectivity index (χ2v) is 6.01. The molecule has 23 heavy (non-hydrogen) atoms. The first kappa shape index (κ1) is 15.7. The molecule has 0 radical (unpaired) electrons. The van der Waals surface area contributed by atoms with Gasteiger partial charge in [-0.1, -0.05) is 12.5 Å². The van der Waals surface area contributed by atoms with Crippen molar-refractivity contribution in [2.75, 3.05) is 18.8 Å². The zero-order chi connectivity index (χ0) is 16.2. The molecular weight excluding hydrogens is 293 g/mol. The van der Waals surface area contributed by atoms with Crippen LogP contribution >= 0.6 is 0 Å². The van der Waals surface area contributed by atoms with E-state index in [4.69, 9.17) is 5.73 Å². The van der Waals surface area contributed by atoms with E-state index in [1.165, 1.54) is 30.0 Å². The number of nitrogens with two attached hydrogens (primary N) is 1. The Morgan fingerprint density at radius 3 is 2.78 bits per heavy atom. The zero-order valence-corrected chi connectivity index (χ0v) is 13.4. The standard InChI is InChI=1S/C17H22FN5/c1-13-11-23(17(19)21-13)20-10-14-5-6-16(18)9-15(14)12-22-7-3-2-4-8-22/h5-6,9-11H,2-4,7-8,12H2,1H3,(H2,19,21). The normalized spacial score (nSPS) is 16.3. The summed E-state index contributed by atoms with van der Waals surface area (Å²) in [7, 11) is 0. The average Bonchev–Trinajstić information content (AvgIpc) is 2.85. The van der Waals surface area contributed by atoms with Crippen LogP contribution in [0.4, 0.5) is 10.3 Å². The Morgan fingerprint density at radius 2 is 2.09 bits per heavy atom. The number of aromatic nitrogens is 2. The number of rotatable bonds is 4. The summed E-state index contributed by atoms with van der Waals surface area (Å²) in [6.07, 6.45) is 7.19. The van der Waals surface area contributed by atoms with E-state index >= 15 is 0 Å². The maximum Gasteiger partial charge on any atom is 0.221 e. The molecule has 0 amide bonds. The summed E-state index contributed by atoms with van der Waals surface area (Å²) < 4.78 is 15.2. The van der Waals surface area contributed by atoms with Crippen LogP contribution in [-0.2, 0) is 6.54 Å². The van der Waals surface area contributed by atoms with Crippen LogP contribution in [0.15, 0.2) is 29.5 Å². The van der Waals surface area contributed by atoms with Gasteiger partial charge in [0, 0.05) is 6.54 Å². The third kappa shape index (κ3) is 3.96. The van der Waals surface area contributed by atoms with Crippen molar-refractivity contribution in [1.29, 1.82) is 0 Å². The predicted molar refractivity (Wildman–Crippen MR) is 89.9 cm³/mol. The van der Waals surface area contributed by atoms with Crippen molar-refractivity contribution in [3.05, 3.63) is 47.0 Å². The minimum atomic E-state index is -0.216. The van der Waals surface area contributed by atoms with E-state index in [-0.39, 0.29) is 5.82 Å². The van der Waals surface area contributed by atoms with Gasteiger partial charge in [-0.2, -0.15) is 5.10 Å². The molecule has 3 rings (SSSR count). The van der Waals surface area contributed by atoms with Crippen LogP contribution in [0.5, 0.6) is 0 Å². The fraction of sp³-hybridized carbons (Fsp3) is 0.412. The van der Waals surface area contributed by atoms with E-state index in [1.54, 1.807) is 24.5 Å². The van der Waals surface area contributed by atoms with E-state index in [0.29, 0.717) is 5.95 Å². The van der Waals surface area contributed by atoms with Crippen molar-refractivity contribution in [2.45, 2.75) is 32.7 Å². The Morgan fingerprint density at radius 1 is 1.30 bits per heavy atom. The molecule has 2 heterocycles. The molecule has 0 saturated carbocycles. The Balaban J connectivity index is 1.82. The SMILES string of the molecule is Cc1cn(N=Cc2ccc(F)cc2CN2CCCCC2)c(N)n1. The number of nitrogen functional groups attached to an aromatic ring is 1.